The Bertz CT molecular complexity index is 465. The molecule has 0 N–H and O–H groups in total. The lowest BCUT2D eigenvalue weighted by Gasteiger charge is -2.34. The molecule has 1 aromatic carbocycles. The molecule has 3 nitrogen and oxygen atoms in total. The molecule has 1 saturated heterocycles. The van der Waals surface area contributed by atoms with Crippen molar-refractivity contribution in [2.45, 2.75) is 19.4 Å². The van der Waals surface area contributed by atoms with Crippen LogP contribution in [0.2, 0.25) is 0 Å². The van der Waals surface area contributed by atoms with Gasteiger partial charge in [-0.25, -0.2) is 0 Å². The second kappa shape index (κ2) is 5.73. The van der Waals surface area contributed by atoms with Gasteiger partial charge in [-0.05, 0) is 36.5 Å². The van der Waals surface area contributed by atoms with Crippen molar-refractivity contribution < 1.29 is 0 Å². The van der Waals surface area contributed by atoms with E-state index < -0.39 is 0 Å². The van der Waals surface area contributed by atoms with Crippen LogP contribution in [0.25, 0.3) is 0 Å². The zero-order valence-corrected chi connectivity index (χ0v) is 11.4. The second-order valence-electron chi connectivity index (χ2n) is 5.83. The Balaban J connectivity index is 1.49. The Morgan fingerprint density at radius 1 is 1.11 bits per heavy atom. The van der Waals surface area contributed by atoms with Crippen LogP contribution < -0.4 is 0 Å². The topological polar surface area (TPSA) is 30.3 Å². The van der Waals surface area contributed by atoms with Crippen molar-refractivity contribution in [1.29, 1.82) is 5.26 Å². The molecule has 3 rings (SSSR count). The summed E-state index contributed by atoms with van der Waals surface area (Å²) < 4.78 is 0. The first-order valence-corrected chi connectivity index (χ1v) is 7.27. The van der Waals surface area contributed by atoms with Crippen molar-refractivity contribution in [1.82, 2.24) is 9.80 Å². The van der Waals surface area contributed by atoms with E-state index in [9.17, 15) is 0 Å². The summed E-state index contributed by atoms with van der Waals surface area (Å²) >= 11 is 0. The first kappa shape index (κ1) is 12.7. The molecule has 2 fully saturated rings. The zero-order valence-electron chi connectivity index (χ0n) is 11.4. The van der Waals surface area contributed by atoms with Crippen LogP contribution >= 0.6 is 0 Å². The van der Waals surface area contributed by atoms with Crippen molar-refractivity contribution in [3.63, 3.8) is 0 Å². The lowest BCUT2D eigenvalue weighted by atomic mass is 10.1. The maximum Gasteiger partial charge on any atom is 0.0991 e. The Morgan fingerprint density at radius 3 is 2.53 bits per heavy atom. The van der Waals surface area contributed by atoms with E-state index in [4.69, 9.17) is 5.26 Å². The van der Waals surface area contributed by atoms with E-state index in [2.05, 4.69) is 21.9 Å². The van der Waals surface area contributed by atoms with Crippen molar-refractivity contribution in [3.05, 3.63) is 35.4 Å². The molecule has 0 amide bonds. The molecule has 3 heteroatoms. The van der Waals surface area contributed by atoms with Gasteiger partial charge in [0, 0.05) is 39.3 Å². The van der Waals surface area contributed by atoms with Crippen molar-refractivity contribution in [2.24, 2.45) is 5.92 Å². The molecule has 100 valence electrons. The SMILES string of the molecule is N#Cc1cccc(CN2CCN(CC3CC3)CC2)c1. The van der Waals surface area contributed by atoms with E-state index in [1.807, 2.05) is 18.2 Å². The average molecular weight is 255 g/mol. The maximum absolute atomic E-state index is 8.92. The van der Waals surface area contributed by atoms with Crippen molar-refractivity contribution >= 4 is 0 Å². The van der Waals surface area contributed by atoms with Crippen molar-refractivity contribution in [3.8, 4) is 6.07 Å². The molecule has 0 bridgehead atoms. The third-order valence-electron chi connectivity index (χ3n) is 4.14. The van der Waals surface area contributed by atoms with Crippen LogP contribution in [0.5, 0.6) is 0 Å². The first-order valence-electron chi connectivity index (χ1n) is 7.27. The highest BCUT2D eigenvalue weighted by Gasteiger charge is 2.26. The van der Waals surface area contributed by atoms with E-state index in [-0.39, 0.29) is 0 Å². The molecule has 1 aromatic rings. The van der Waals surface area contributed by atoms with Crippen LogP contribution in [0.4, 0.5) is 0 Å². The number of hydrogen-bond acceptors (Lipinski definition) is 3. The minimum Gasteiger partial charge on any atom is -0.301 e. The highest BCUT2D eigenvalue weighted by atomic mass is 15.3. The third-order valence-corrected chi connectivity index (χ3v) is 4.14. The summed E-state index contributed by atoms with van der Waals surface area (Å²) in [5.41, 5.74) is 2.03. The monoisotopic (exact) mass is 255 g/mol. The van der Waals surface area contributed by atoms with Gasteiger partial charge in [0.15, 0.2) is 0 Å². The highest BCUT2D eigenvalue weighted by molar-refractivity contribution is 5.32. The second-order valence-corrected chi connectivity index (χ2v) is 5.83. The van der Waals surface area contributed by atoms with E-state index >= 15 is 0 Å². The fourth-order valence-corrected chi connectivity index (χ4v) is 2.79. The summed E-state index contributed by atoms with van der Waals surface area (Å²) in [6.45, 7) is 7.01. The van der Waals surface area contributed by atoms with Crippen LogP contribution in [0.15, 0.2) is 24.3 Å². The Morgan fingerprint density at radius 2 is 1.84 bits per heavy atom. The van der Waals surface area contributed by atoms with E-state index in [0.717, 1.165) is 31.1 Å². The van der Waals surface area contributed by atoms with Gasteiger partial charge < -0.3 is 4.90 Å². The minimum atomic E-state index is 0.768. The van der Waals surface area contributed by atoms with Gasteiger partial charge in [-0.2, -0.15) is 5.26 Å². The number of piperazine rings is 1. The fraction of sp³-hybridized carbons (Fsp3) is 0.562. The molecule has 0 atom stereocenters. The summed E-state index contributed by atoms with van der Waals surface area (Å²) in [7, 11) is 0. The molecule has 19 heavy (non-hydrogen) atoms. The van der Waals surface area contributed by atoms with Crippen LogP contribution in [0, 0.1) is 17.2 Å². The van der Waals surface area contributed by atoms with Crippen LogP contribution in [0.1, 0.15) is 24.0 Å². The first-order chi connectivity index (χ1) is 9.33. The zero-order chi connectivity index (χ0) is 13.1. The van der Waals surface area contributed by atoms with E-state index in [1.54, 1.807) is 0 Å². The third kappa shape index (κ3) is 3.56. The van der Waals surface area contributed by atoms with Crippen LogP contribution in [-0.2, 0) is 6.54 Å². The summed E-state index contributed by atoms with van der Waals surface area (Å²) in [5, 5.41) is 8.92. The fourth-order valence-electron chi connectivity index (χ4n) is 2.79. The summed E-state index contributed by atoms with van der Waals surface area (Å²) in [4.78, 5) is 5.11. The van der Waals surface area contributed by atoms with Gasteiger partial charge in [0.25, 0.3) is 0 Å². The average Bonchev–Trinajstić information content (AvgIpc) is 3.25. The number of benzene rings is 1. The van der Waals surface area contributed by atoms with Gasteiger partial charge in [0.2, 0.25) is 0 Å². The standard InChI is InChI=1S/C16H21N3/c17-11-15-2-1-3-16(10-15)13-19-8-6-18(7-9-19)12-14-4-5-14/h1-3,10,14H,4-9,12-13H2. The number of hydrogen-bond donors (Lipinski definition) is 0. The molecule has 1 aliphatic heterocycles. The molecular weight excluding hydrogens is 234 g/mol. The van der Waals surface area contributed by atoms with Gasteiger partial charge in [-0.1, -0.05) is 12.1 Å². The molecule has 0 spiro atoms. The van der Waals surface area contributed by atoms with Gasteiger partial charge in [0.05, 0.1) is 11.6 Å². The van der Waals surface area contributed by atoms with Gasteiger partial charge >= 0.3 is 0 Å². The van der Waals surface area contributed by atoms with Crippen LogP contribution in [0.3, 0.4) is 0 Å². The molecule has 1 heterocycles. The number of nitriles is 1. The molecule has 2 aliphatic rings. The smallest absolute Gasteiger partial charge is 0.0991 e. The Kier molecular flexibility index (Phi) is 3.82. The molecule has 1 aliphatic carbocycles. The number of nitrogens with zero attached hydrogens (tertiary/aromatic N) is 3. The summed E-state index contributed by atoms with van der Waals surface area (Å²) in [6.07, 6.45) is 2.89. The van der Waals surface area contributed by atoms with Crippen LogP contribution in [-0.4, -0.2) is 42.5 Å². The van der Waals surface area contributed by atoms with E-state index in [0.29, 0.717) is 0 Å². The van der Waals surface area contributed by atoms with Crippen molar-refractivity contribution in [2.75, 3.05) is 32.7 Å². The Labute approximate surface area is 115 Å². The van der Waals surface area contributed by atoms with E-state index in [1.165, 1.54) is 38.0 Å². The Hall–Kier alpha value is -1.37. The molecule has 0 radical (unpaired) electrons. The highest BCUT2D eigenvalue weighted by Crippen LogP contribution is 2.29. The predicted molar refractivity (Wildman–Crippen MR) is 75.6 cm³/mol. The predicted octanol–water partition coefficient (Wildman–Crippen LogP) is 2.09. The normalized spacial score (nSPS) is 21.2. The summed E-state index contributed by atoms with van der Waals surface area (Å²) in [5.74, 6) is 0.999. The number of rotatable bonds is 4. The lowest BCUT2D eigenvalue weighted by Crippen LogP contribution is -2.46. The maximum atomic E-state index is 8.92. The largest absolute Gasteiger partial charge is 0.301 e. The molecule has 1 saturated carbocycles. The van der Waals surface area contributed by atoms with Gasteiger partial charge in [0.1, 0.15) is 0 Å². The lowest BCUT2D eigenvalue weighted by molar-refractivity contribution is 0.123. The molecule has 0 unspecified atom stereocenters. The van der Waals surface area contributed by atoms with Gasteiger partial charge in [-0.15, -0.1) is 0 Å². The van der Waals surface area contributed by atoms with Gasteiger partial charge in [-0.3, -0.25) is 4.90 Å². The summed E-state index contributed by atoms with van der Waals surface area (Å²) in [6, 6.07) is 10.2. The molecule has 0 aromatic heterocycles. The molecular formula is C16H21N3. The minimum absolute atomic E-state index is 0.768. The quantitative estimate of drug-likeness (QED) is 0.825.